The molecule has 2 N–H and O–H groups in total. The van der Waals surface area contributed by atoms with Crippen LogP contribution in [0.15, 0.2) is 103 Å². The summed E-state index contributed by atoms with van der Waals surface area (Å²) in [6.07, 6.45) is 2.10. The molecule has 7 heteroatoms. The molecular weight excluding hydrogens is 606 g/mol. The highest BCUT2D eigenvalue weighted by Crippen LogP contribution is 2.34. The molecule has 1 saturated heterocycles. The van der Waals surface area contributed by atoms with Gasteiger partial charge in [-0.1, -0.05) is 96.5 Å². The zero-order valence-corrected chi connectivity index (χ0v) is 28.6. The van der Waals surface area contributed by atoms with Gasteiger partial charge in [0.15, 0.2) is 0 Å². The van der Waals surface area contributed by atoms with Crippen LogP contribution in [0.3, 0.4) is 0 Å². The molecular formula is C40H46ClN3O3. The smallest absolute Gasteiger partial charge is 0.328 e. The summed E-state index contributed by atoms with van der Waals surface area (Å²) >= 11 is 6.14. The molecule has 6 nitrogen and oxygen atoms in total. The van der Waals surface area contributed by atoms with Crippen LogP contribution in [0.1, 0.15) is 74.9 Å². The van der Waals surface area contributed by atoms with Crippen LogP contribution in [0.4, 0.5) is 0 Å². The molecule has 1 aliphatic heterocycles. The molecule has 0 bridgehead atoms. The first-order valence-electron chi connectivity index (χ1n) is 16.5. The summed E-state index contributed by atoms with van der Waals surface area (Å²) in [6, 6.07) is 33.0. The number of hydrogen-bond acceptors (Lipinski definition) is 5. The van der Waals surface area contributed by atoms with Crippen LogP contribution in [0.25, 0.3) is 11.1 Å². The van der Waals surface area contributed by atoms with Crippen molar-refractivity contribution in [3.05, 3.63) is 130 Å². The second-order valence-corrected chi connectivity index (χ2v) is 13.9. The lowest BCUT2D eigenvalue weighted by Gasteiger charge is -2.42. The van der Waals surface area contributed by atoms with Gasteiger partial charge in [-0.05, 0) is 92.1 Å². The summed E-state index contributed by atoms with van der Waals surface area (Å²) in [5.41, 5.74) is 11.6. The highest BCUT2D eigenvalue weighted by atomic mass is 35.5. The molecule has 1 heterocycles. The molecule has 47 heavy (non-hydrogen) atoms. The number of nitrogens with zero attached hydrogens (tertiary/aromatic N) is 2. The van der Waals surface area contributed by atoms with E-state index in [2.05, 4.69) is 53.1 Å². The van der Waals surface area contributed by atoms with Crippen molar-refractivity contribution in [2.24, 2.45) is 5.73 Å². The van der Waals surface area contributed by atoms with Crippen molar-refractivity contribution in [1.82, 2.24) is 9.80 Å². The highest BCUT2D eigenvalue weighted by Gasteiger charge is 2.32. The monoisotopic (exact) mass is 651 g/mol. The van der Waals surface area contributed by atoms with Crippen molar-refractivity contribution in [3.8, 4) is 11.1 Å². The lowest BCUT2D eigenvalue weighted by atomic mass is 9.92. The fourth-order valence-electron chi connectivity index (χ4n) is 6.45. The van der Waals surface area contributed by atoms with Gasteiger partial charge in [-0.2, -0.15) is 0 Å². The summed E-state index contributed by atoms with van der Waals surface area (Å²) in [7, 11) is 0. The van der Waals surface area contributed by atoms with Crippen molar-refractivity contribution in [1.29, 1.82) is 0 Å². The molecule has 0 radical (unpaired) electrons. The quantitative estimate of drug-likeness (QED) is 0.175. The Bertz CT molecular complexity index is 1640. The van der Waals surface area contributed by atoms with E-state index in [9.17, 15) is 9.59 Å². The van der Waals surface area contributed by atoms with Crippen LogP contribution in [0.5, 0.6) is 0 Å². The summed E-state index contributed by atoms with van der Waals surface area (Å²) in [6.45, 7) is 10.4. The van der Waals surface area contributed by atoms with Gasteiger partial charge in [0, 0.05) is 30.7 Å². The minimum atomic E-state index is -0.926. The van der Waals surface area contributed by atoms with Crippen LogP contribution in [-0.2, 0) is 27.3 Å². The van der Waals surface area contributed by atoms with E-state index in [0.717, 1.165) is 54.7 Å². The Morgan fingerprint density at radius 1 is 0.894 bits per heavy atom. The molecule has 1 aliphatic rings. The van der Waals surface area contributed by atoms with Gasteiger partial charge in [-0.3, -0.25) is 9.69 Å². The maximum absolute atomic E-state index is 14.2. The van der Waals surface area contributed by atoms with Crippen molar-refractivity contribution in [2.75, 3.05) is 13.1 Å². The summed E-state index contributed by atoms with van der Waals surface area (Å²) in [4.78, 5) is 31.7. The number of carbonyl (C=O) groups excluding carboxylic acids is 2. The molecule has 0 aromatic heterocycles. The first-order chi connectivity index (χ1) is 22.5. The van der Waals surface area contributed by atoms with Crippen molar-refractivity contribution < 1.29 is 14.3 Å². The third-order valence-corrected chi connectivity index (χ3v) is 9.06. The van der Waals surface area contributed by atoms with Gasteiger partial charge >= 0.3 is 5.97 Å². The fourth-order valence-corrected chi connectivity index (χ4v) is 6.58. The number of carbonyl (C=O) groups is 2. The first kappa shape index (κ1) is 34.4. The number of nitrogens with two attached hydrogens (primary N) is 1. The molecule has 1 amide bonds. The van der Waals surface area contributed by atoms with Crippen molar-refractivity contribution in [3.63, 3.8) is 0 Å². The minimum absolute atomic E-state index is 0.0964. The van der Waals surface area contributed by atoms with Crippen molar-refractivity contribution >= 4 is 23.5 Å². The van der Waals surface area contributed by atoms with Gasteiger partial charge < -0.3 is 15.4 Å². The molecule has 5 rings (SSSR count). The van der Waals surface area contributed by atoms with Gasteiger partial charge in [0.05, 0.1) is 12.5 Å². The Labute approximate surface area is 284 Å². The molecule has 4 aromatic carbocycles. The lowest BCUT2D eigenvalue weighted by molar-refractivity contribution is -0.156. The lowest BCUT2D eigenvalue weighted by Crippen LogP contribution is -2.48. The molecule has 4 aromatic rings. The minimum Gasteiger partial charge on any atom is -0.459 e. The van der Waals surface area contributed by atoms with Crippen LogP contribution in [0.2, 0.25) is 5.02 Å². The summed E-state index contributed by atoms with van der Waals surface area (Å²) < 4.78 is 5.61. The van der Waals surface area contributed by atoms with Crippen molar-refractivity contribution in [2.45, 2.75) is 77.2 Å². The van der Waals surface area contributed by atoms with E-state index in [1.54, 1.807) is 0 Å². The Balaban J connectivity index is 1.40. The van der Waals surface area contributed by atoms with E-state index in [-0.39, 0.29) is 18.0 Å². The average Bonchev–Trinajstić information content (AvgIpc) is 3.06. The maximum atomic E-state index is 14.2. The van der Waals surface area contributed by atoms with Gasteiger partial charge in [-0.25, -0.2) is 4.79 Å². The number of ether oxygens (including phenoxy) is 1. The Kier molecular flexibility index (Phi) is 11.2. The van der Waals surface area contributed by atoms with Gasteiger partial charge in [0.2, 0.25) is 5.91 Å². The van der Waals surface area contributed by atoms with E-state index in [1.165, 1.54) is 5.56 Å². The van der Waals surface area contributed by atoms with Gasteiger partial charge in [0.1, 0.15) is 11.6 Å². The molecule has 2 atom stereocenters. The second kappa shape index (κ2) is 15.3. The van der Waals surface area contributed by atoms with E-state index in [1.807, 2.05) is 87.5 Å². The summed E-state index contributed by atoms with van der Waals surface area (Å²) in [5.74, 6) is -0.369. The zero-order chi connectivity index (χ0) is 33.6. The maximum Gasteiger partial charge on any atom is 0.328 e. The SMILES string of the molecule is CC(c1cccc(-c2ccccc2C(N)C(=O)OC(C)(C)C)c1)N(C(=O)Cc1ccc(Cl)cc1)C1CCN(Cc2ccccc2)CC1. The topological polar surface area (TPSA) is 75.9 Å². The van der Waals surface area contributed by atoms with Crippen LogP contribution in [-0.4, -0.2) is 46.4 Å². The third-order valence-electron chi connectivity index (χ3n) is 8.81. The third kappa shape index (κ3) is 9.10. The summed E-state index contributed by atoms with van der Waals surface area (Å²) in [5, 5.41) is 0.653. The van der Waals surface area contributed by atoms with E-state index < -0.39 is 17.6 Å². The Morgan fingerprint density at radius 2 is 1.55 bits per heavy atom. The van der Waals surface area contributed by atoms with Crippen LogP contribution < -0.4 is 5.73 Å². The van der Waals surface area contributed by atoms with E-state index in [4.69, 9.17) is 22.1 Å². The molecule has 0 aliphatic carbocycles. The molecule has 0 saturated carbocycles. The standard InChI is InChI=1S/C40H46ClN3O3/c1-28(31-13-10-14-32(26-31)35-15-8-9-16-36(35)38(42)39(46)47-40(2,3)4)44(37(45)25-29-17-19-33(41)20-18-29)34-21-23-43(24-22-34)27-30-11-6-5-7-12-30/h5-20,26,28,34,38H,21-25,27,42H2,1-4H3. The highest BCUT2D eigenvalue weighted by molar-refractivity contribution is 6.30. The number of piperidine rings is 1. The van der Waals surface area contributed by atoms with E-state index in [0.29, 0.717) is 17.0 Å². The molecule has 246 valence electrons. The van der Waals surface area contributed by atoms with Crippen LogP contribution in [0, 0.1) is 0 Å². The number of esters is 1. The Hall–Kier alpha value is -3.97. The number of amides is 1. The molecule has 2 unspecified atom stereocenters. The molecule has 0 spiro atoms. The number of benzene rings is 4. The average molecular weight is 652 g/mol. The van der Waals surface area contributed by atoms with Gasteiger partial charge in [0.25, 0.3) is 0 Å². The number of halogens is 1. The van der Waals surface area contributed by atoms with E-state index >= 15 is 0 Å². The largest absolute Gasteiger partial charge is 0.459 e. The number of hydrogen-bond donors (Lipinski definition) is 1. The predicted molar refractivity (Wildman–Crippen MR) is 190 cm³/mol. The normalized spacial score (nSPS) is 15.5. The first-order valence-corrected chi connectivity index (χ1v) is 16.9. The number of likely N-dealkylation sites (tertiary alicyclic amines) is 1. The molecule has 1 fully saturated rings. The van der Waals surface area contributed by atoms with Crippen LogP contribution >= 0.6 is 11.6 Å². The Morgan fingerprint density at radius 3 is 2.23 bits per heavy atom. The van der Waals surface area contributed by atoms with Gasteiger partial charge in [-0.15, -0.1) is 0 Å². The zero-order valence-electron chi connectivity index (χ0n) is 27.9. The number of rotatable bonds is 10. The fraction of sp³-hybridized carbons (Fsp3) is 0.350. The second-order valence-electron chi connectivity index (χ2n) is 13.5. The predicted octanol–water partition coefficient (Wildman–Crippen LogP) is 8.15.